The molecule has 0 N–H and O–H groups in total. The fraction of sp³-hybridized carbons (Fsp3) is 0.207. The van der Waals surface area contributed by atoms with Crippen LogP contribution in [0.1, 0.15) is 31.0 Å². The Morgan fingerprint density at radius 1 is 1.05 bits per heavy atom. The number of carbonyl (C=O) groups is 1. The number of hydrogen-bond acceptors (Lipinski definition) is 7. The van der Waals surface area contributed by atoms with Gasteiger partial charge >= 0.3 is 5.97 Å². The van der Waals surface area contributed by atoms with Crippen molar-refractivity contribution < 1.29 is 19.0 Å². The maximum absolute atomic E-state index is 13.9. The fourth-order valence-corrected chi connectivity index (χ4v) is 5.68. The summed E-state index contributed by atoms with van der Waals surface area (Å²) in [6.45, 7) is 3.72. The zero-order chi connectivity index (χ0) is 26.1. The van der Waals surface area contributed by atoms with E-state index >= 15 is 0 Å². The summed E-state index contributed by atoms with van der Waals surface area (Å²) in [5.74, 6) is 0.538. The molecule has 0 saturated heterocycles. The summed E-state index contributed by atoms with van der Waals surface area (Å²) in [4.78, 5) is 32.2. The molecule has 1 aromatic heterocycles. The Morgan fingerprint density at radius 2 is 1.81 bits per heavy atom. The van der Waals surface area contributed by atoms with Gasteiger partial charge in [0.15, 0.2) is 16.3 Å². The van der Waals surface area contributed by atoms with Crippen molar-refractivity contribution in [1.29, 1.82) is 0 Å². The molecule has 0 radical (unpaired) electrons. The first-order valence-electron chi connectivity index (χ1n) is 11.9. The minimum absolute atomic E-state index is 0.208. The second kappa shape index (κ2) is 10.1. The Kier molecular flexibility index (Phi) is 6.67. The largest absolute Gasteiger partial charge is 0.493 e. The molecule has 8 heteroatoms. The normalized spacial score (nSPS) is 15.4. The summed E-state index contributed by atoms with van der Waals surface area (Å²) in [7, 11) is 3.10. The van der Waals surface area contributed by atoms with Gasteiger partial charge in [-0.3, -0.25) is 9.36 Å². The summed E-state index contributed by atoms with van der Waals surface area (Å²) < 4.78 is 18.4. The van der Waals surface area contributed by atoms with Crippen molar-refractivity contribution in [2.45, 2.75) is 19.9 Å². The molecule has 4 aromatic rings. The third-order valence-corrected chi connectivity index (χ3v) is 7.33. The lowest BCUT2D eigenvalue weighted by Crippen LogP contribution is -2.40. The maximum atomic E-state index is 13.9. The van der Waals surface area contributed by atoms with Crippen LogP contribution < -0.4 is 24.4 Å². The van der Waals surface area contributed by atoms with Gasteiger partial charge in [0.25, 0.3) is 5.56 Å². The van der Waals surface area contributed by atoms with Gasteiger partial charge in [0.05, 0.1) is 42.7 Å². The number of benzene rings is 3. The van der Waals surface area contributed by atoms with E-state index < -0.39 is 12.0 Å². The van der Waals surface area contributed by atoms with Crippen molar-refractivity contribution in [3.8, 4) is 11.5 Å². The molecule has 3 aromatic carbocycles. The summed E-state index contributed by atoms with van der Waals surface area (Å²) in [6, 6.07) is 18.7. The number of esters is 1. The standard InChI is InChI=1S/C29H26N2O5S/c1-5-36-28(33)25-17(2)30-29-31(26(25)20-13-14-22(34-3)23(15-20)35-4)27(32)24(37-29)16-19-11-8-10-18-9-6-7-12-21(18)19/h6-16,26H,5H2,1-4H3/b24-16-/t26-/m0/s1. The average molecular weight is 515 g/mol. The van der Waals surface area contributed by atoms with Crippen LogP contribution in [0.15, 0.2) is 81.7 Å². The molecule has 0 fully saturated rings. The van der Waals surface area contributed by atoms with Gasteiger partial charge in [0.1, 0.15) is 0 Å². The lowest BCUT2D eigenvalue weighted by atomic mass is 9.95. The van der Waals surface area contributed by atoms with Crippen molar-refractivity contribution in [2.75, 3.05) is 20.8 Å². The molecular formula is C29H26N2O5S. The van der Waals surface area contributed by atoms with E-state index in [-0.39, 0.29) is 12.2 Å². The molecule has 5 rings (SSSR count). The Morgan fingerprint density at radius 3 is 2.57 bits per heavy atom. The van der Waals surface area contributed by atoms with E-state index in [1.54, 1.807) is 44.8 Å². The van der Waals surface area contributed by atoms with Crippen molar-refractivity contribution in [3.05, 3.63) is 103 Å². The minimum Gasteiger partial charge on any atom is -0.493 e. The molecule has 1 aliphatic rings. The van der Waals surface area contributed by atoms with Gasteiger partial charge in [-0.05, 0) is 54.0 Å². The highest BCUT2D eigenvalue weighted by atomic mass is 32.1. The molecule has 0 saturated carbocycles. The lowest BCUT2D eigenvalue weighted by molar-refractivity contribution is -0.139. The van der Waals surface area contributed by atoms with Crippen LogP contribution in [0.25, 0.3) is 16.8 Å². The number of thiazole rings is 1. The number of methoxy groups -OCH3 is 2. The average Bonchev–Trinajstić information content (AvgIpc) is 3.21. The van der Waals surface area contributed by atoms with Crippen molar-refractivity contribution >= 4 is 34.2 Å². The van der Waals surface area contributed by atoms with Gasteiger partial charge in [-0.1, -0.05) is 59.9 Å². The third-order valence-electron chi connectivity index (χ3n) is 6.35. The predicted molar refractivity (Wildman–Crippen MR) is 144 cm³/mol. The van der Waals surface area contributed by atoms with E-state index in [0.29, 0.717) is 37.7 Å². The summed E-state index contributed by atoms with van der Waals surface area (Å²) in [6.07, 6.45) is 1.89. The highest BCUT2D eigenvalue weighted by Crippen LogP contribution is 2.36. The van der Waals surface area contributed by atoms with Gasteiger partial charge in [-0.25, -0.2) is 9.79 Å². The minimum atomic E-state index is -0.732. The van der Waals surface area contributed by atoms with Gasteiger partial charge in [-0.15, -0.1) is 0 Å². The maximum Gasteiger partial charge on any atom is 0.338 e. The molecule has 37 heavy (non-hydrogen) atoms. The molecule has 7 nitrogen and oxygen atoms in total. The Hall–Kier alpha value is -4.17. The predicted octanol–water partition coefficient (Wildman–Crippen LogP) is 3.97. The first kappa shape index (κ1) is 24.5. The van der Waals surface area contributed by atoms with E-state index in [9.17, 15) is 9.59 Å². The second-order valence-electron chi connectivity index (χ2n) is 8.49. The third kappa shape index (κ3) is 4.34. The molecule has 2 heterocycles. The Bertz CT molecular complexity index is 1730. The van der Waals surface area contributed by atoms with Crippen LogP contribution in [0.2, 0.25) is 0 Å². The van der Waals surface area contributed by atoms with E-state index in [1.165, 1.54) is 11.3 Å². The van der Waals surface area contributed by atoms with E-state index in [1.807, 2.05) is 54.6 Å². The zero-order valence-electron chi connectivity index (χ0n) is 21.0. The Labute approximate surface area is 217 Å². The van der Waals surface area contributed by atoms with Gasteiger partial charge in [-0.2, -0.15) is 0 Å². The highest BCUT2D eigenvalue weighted by molar-refractivity contribution is 7.07. The molecule has 0 aliphatic carbocycles. The van der Waals surface area contributed by atoms with Gasteiger partial charge in [0, 0.05) is 0 Å². The number of fused-ring (bicyclic) bond motifs is 2. The highest BCUT2D eigenvalue weighted by Gasteiger charge is 2.33. The molecule has 0 amide bonds. The van der Waals surface area contributed by atoms with E-state index in [0.717, 1.165) is 16.3 Å². The van der Waals surface area contributed by atoms with Crippen molar-refractivity contribution in [2.24, 2.45) is 4.99 Å². The SMILES string of the molecule is CCOC(=O)C1=C(C)N=c2s/c(=C\c3cccc4ccccc34)c(=O)n2[C@H]1c1ccc(OC)c(OC)c1. The second-order valence-corrected chi connectivity index (χ2v) is 9.49. The number of aromatic nitrogens is 1. The van der Waals surface area contributed by atoms with Crippen LogP contribution in [-0.2, 0) is 9.53 Å². The summed E-state index contributed by atoms with van der Waals surface area (Å²) >= 11 is 1.30. The number of hydrogen-bond donors (Lipinski definition) is 0. The van der Waals surface area contributed by atoms with E-state index in [4.69, 9.17) is 14.2 Å². The molecule has 188 valence electrons. The zero-order valence-corrected chi connectivity index (χ0v) is 21.8. The van der Waals surface area contributed by atoms with Crippen LogP contribution in [0, 0.1) is 0 Å². The molecule has 1 aliphatic heterocycles. The monoisotopic (exact) mass is 514 g/mol. The fourth-order valence-electron chi connectivity index (χ4n) is 4.65. The number of nitrogens with zero attached hydrogens (tertiary/aromatic N) is 2. The Balaban J connectivity index is 1.76. The molecule has 0 bridgehead atoms. The van der Waals surface area contributed by atoms with Crippen molar-refractivity contribution in [3.63, 3.8) is 0 Å². The summed E-state index contributed by atoms with van der Waals surface area (Å²) in [5.41, 5.74) is 2.22. The molecule has 1 atom stereocenters. The van der Waals surface area contributed by atoms with Gasteiger partial charge in [0.2, 0.25) is 0 Å². The van der Waals surface area contributed by atoms with Crippen LogP contribution in [0.5, 0.6) is 11.5 Å². The van der Waals surface area contributed by atoms with Crippen LogP contribution in [0.3, 0.4) is 0 Å². The molecule has 0 unspecified atom stereocenters. The first-order valence-corrected chi connectivity index (χ1v) is 12.7. The quantitative estimate of drug-likeness (QED) is 0.364. The molecular weight excluding hydrogens is 488 g/mol. The number of allylic oxidation sites excluding steroid dienone is 1. The number of carbonyl (C=O) groups excluding carboxylic acids is 1. The smallest absolute Gasteiger partial charge is 0.338 e. The van der Waals surface area contributed by atoms with Crippen LogP contribution >= 0.6 is 11.3 Å². The van der Waals surface area contributed by atoms with Crippen molar-refractivity contribution in [1.82, 2.24) is 4.57 Å². The topological polar surface area (TPSA) is 79.1 Å². The first-order chi connectivity index (χ1) is 18.0. The number of ether oxygens (including phenoxy) is 3. The van der Waals surface area contributed by atoms with Crippen LogP contribution in [-0.4, -0.2) is 31.4 Å². The lowest BCUT2D eigenvalue weighted by Gasteiger charge is -2.25. The van der Waals surface area contributed by atoms with Gasteiger partial charge < -0.3 is 14.2 Å². The summed E-state index contributed by atoms with van der Waals surface area (Å²) in [5, 5.41) is 2.14. The van der Waals surface area contributed by atoms with Crippen LogP contribution in [0.4, 0.5) is 0 Å². The molecule has 0 spiro atoms. The van der Waals surface area contributed by atoms with E-state index in [2.05, 4.69) is 4.99 Å². The number of rotatable bonds is 6.